The van der Waals surface area contributed by atoms with Crippen molar-refractivity contribution in [1.29, 1.82) is 5.26 Å². The van der Waals surface area contributed by atoms with Gasteiger partial charge in [0.15, 0.2) is 0 Å². The lowest BCUT2D eigenvalue weighted by atomic mass is 10.0. The van der Waals surface area contributed by atoms with Crippen LogP contribution in [0.4, 0.5) is 0 Å². The zero-order valence-electron chi connectivity index (χ0n) is 8.82. The minimum absolute atomic E-state index is 0.203. The van der Waals surface area contributed by atoms with Crippen LogP contribution in [-0.2, 0) is 10.0 Å². The van der Waals surface area contributed by atoms with Gasteiger partial charge >= 0.3 is 0 Å². The lowest BCUT2D eigenvalue weighted by molar-refractivity contribution is 0.496. The van der Waals surface area contributed by atoms with E-state index in [2.05, 4.69) is 20.7 Å². The largest absolute Gasteiger partial charge is 0.251 e. The highest BCUT2D eigenvalue weighted by molar-refractivity contribution is 9.11. The molecule has 0 saturated carbocycles. The molecule has 0 aliphatic rings. The molecule has 0 aromatic carbocycles. The summed E-state index contributed by atoms with van der Waals surface area (Å²) >= 11 is 4.31. The molecule has 0 bridgehead atoms. The van der Waals surface area contributed by atoms with Gasteiger partial charge in [0.25, 0.3) is 10.0 Å². The zero-order valence-corrected chi connectivity index (χ0v) is 12.0. The summed E-state index contributed by atoms with van der Waals surface area (Å²) in [5.74, 6) is 0. The van der Waals surface area contributed by atoms with Crippen LogP contribution in [0.5, 0.6) is 0 Å². The second-order valence-electron chi connectivity index (χ2n) is 3.46. The minimum atomic E-state index is -3.61. The number of nitriles is 1. The first-order valence-electron chi connectivity index (χ1n) is 4.53. The summed E-state index contributed by atoms with van der Waals surface area (Å²) in [6, 6.07) is 5.13. The molecule has 0 spiro atoms. The molecule has 0 aliphatic heterocycles. The first-order valence-corrected chi connectivity index (χ1v) is 7.63. The van der Waals surface area contributed by atoms with Crippen molar-refractivity contribution < 1.29 is 8.42 Å². The van der Waals surface area contributed by atoms with Gasteiger partial charge in [0.2, 0.25) is 0 Å². The summed E-state index contributed by atoms with van der Waals surface area (Å²) in [5.41, 5.74) is -1.06. The van der Waals surface area contributed by atoms with E-state index in [1.807, 2.05) is 6.07 Å². The van der Waals surface area contributed by atoms with Gasteiger partial charge in [-0.2, -0.15) is 9.98 Å². The van der Waals surface area contributed by atoms with E-state index >= 15 is 0 Å². The normalized spacial score (nSPS) is 15.4. The fourth-order valence-corrected chi connectivity index (χ4v) is 4.37. The molecule has 1 unspecified atom stereocenters. The van der Waals surface area contributed by atoms with Crippen LogP contribution in [0.25, 0.3) is 0 Å². The monoisotopic (exact) mass is 322 g/mol. The van der Waals surface area contributed by atoms with Crippen molar-refractivity contribution in [3.8, 4) is 6.07 Å². The minimum Gasteiger partial charge on any atom is -0.206 e. The molecule has 7 heteroatoms. The standard InChI is InChI=1S/C9H11BrN2O2S2/c1-3-9(2,6-11)12-16(13,14)8-5-4-7(10)15-8/h4-5,12H,3H2,1-2H3. The Labute approximate surface area is 107 Å². The predicted octanol–water partition coefficient (Wildman–Crippen LogP) is 2.48. The van der Waals surface area contributed by atoms with Crippen molar-refractivity contribution in [3.63, 3.8) is 0 Å². The van der Waals surface area contributed by atoms with Crippen LogP contribution >= 0.6 is 27.3 Å². The second kappa shape index (κ2) is 4.84. The average Bonchev–Trinajstić information content (AvgIpc) is 2.65. The molecule has 0 radical (unpaired) electrons. The van der Waals surface area contributed by atoms with Gasteiger partial charge in [-0.15, -0.1) is 11.3 Å². The van der Waals surface area contributed by atoms with Gasteiger partial charge in [-0.25, -0.2) is 8.42 Å². The van der Waals surface area contributed by atoms with Crippen molar-refractivity contribution in [2.75, 3.05) is 0 Å². The third kappa shape index (κ3) is 3.04. The van der Waals surface area contributed by atoms with Crippen molar-refractivity contribution in [3.05, 3.63) is 15.9 Å². The van der Waals surface area contributed by atoms with Gasteiger partial charge in [-0.05, 0) is 41.4 Å². The maximum atomic E-state index is 11.9. The molecule has 0 fully saturated rings. The third-order valence-electron chi connectivity index (χ3n) is 2.13. The Morgan fingerprint density at radius 1 is 1.62 bits per heavy atom. The van der Waals surface area contributed by atoms with E-state index in [0.29, 0.717) is 6.42 Å². The highest BCUT2D eigenvalue weighted by Crippen LogP contribution is 2.27. The Balaban J connectivity index is 3.02. The molecule has 1 aromatic heterocycles. The lowest BCUT2D eigenvalue weighted by Crippen LogP contribution is -2.43. The summed E-state index contributed by atoms with van der Waals surface area (Å²) in [4.78, 5) is 0. The molecule has 0 amide bonds. The van der Waals surface area contributed by atoms with Crippen molar-refractivity contribution >= 4 is 37.3 Å². The highest BCUT2D eigenvalue weighted by atomic mass is 79.9. The first kappa shape index (κ1) is 13.6. The average molecular weight is 323 g/mol. The van der Waals surface area contributed by atoms with E-state index < -0.39 is 15.6 Å². The van der Waals surface area contributed by atoms with Gasteiger partial charge in [-0.3, -0.25) is 0 Å². The van der Waals surface area contributed by atoms with Crippen LogP contribution in [0.1, 0.15) is 20.3 Å². The molecule has 1 heterocycles. The Morgan fingerprint density at radius 3 is 2.62 bits per heavy atom. The van der Waals surface area contributed by atoms with E-state index in [0.717, 1.165) is 15.1 Å². The van der Waals surface area contributed by atoms with E-state index in [-0.39, 0.29) is 4.21 Å². The zero-order chi connectivity index (χ0) is 12.4. The van der Waals surface area contributed by atoms with Crippen LogP contribution in [0.3, 0.4) is 0 Å². The molecule has 0 saturated heterocycles. The fourth-order valence-electron chi connectivity index (χ4n) is 0.963. The molecular formula is C9H11BrN2O2S2. The number of sulfonamides is 1. The third-order valence-corrected chi connectivity index (χ3v) is 5.84. The Hall–Kier alpha value is -0.420. The predicted molar refractivity (Wildman–Crippen MR) is 66.6 cm³/mol. The quantitative estimate of drug-likeness (QED) is 0.925. The smallest absolute Gasteiger partial charge is 0.206 e. The van der Waals surface area contributed by atoms with Gasteiger partial charge < -0.3 is 0 Å². The molecule has 1 N–H and O–H groups in total. The second-order valence-corrected chi connectivity index (χ2v) is 7.83. The van der Waals surface area contributed by atoms with Gasteiger partial charge in [0.05, 0.1) is 9.86 Å². The van der Waals surface area contributed by atoms with Crippen LogP contribution in [0, 0.1) is 11.3 Å². The fraction of sp³-hybridized carbons (Fsp3) is 0.444. The topological polar surface area (TPSA) is 70.0 Å². The number of hydrogen-bond donors (Lipinski definition) is 1. The van der Waals surface area contributed by atoms with Gasteiger partial charge in [-0.1, -0.05) is 6.92 Å². The number of halogens is 1. The molecule has 1 aromatic rings. The number of thiophene rings is 1. The van der Waals surface area contributed by atoms with E-state index in [4.69, 9.17) is 5.26 Å². The van der Waals surface area contributed by atoms with E-state index in [1.165, 1.54) is 6.07 Å². The molecule has 88 valence electrons. The number of hydrogen-bond acceptors (Lipinski definition) is 4. The summed E-state index contributed by atoms with van der Waals surface area (Å²) < 4.78 is 27.2. The van der Waals surface area contributed by atoms with Crippen molar-refractivity contribution in [2.45, 2.75) is 30.0 Å². The maximum absolute atomic E-state index is 11.9. The molecule has 0 aliphatic carbocycles. The van der Waals surface area contributed by atoms with E-state index in [9.17, 15) is 8.42 Å². The highest BCUT2D eigenvalue weighted by Gasteiger charge is 2.29. The Bertz CT molecular complexity index is 518. The molecule has 4 nitrogen and oxygen atoms in total. The first-order chi connectivity index (χ1) is 7.33. The lowest BCUT2D eigenvalue weighted by Gasteiger charge is -2.20. The summed E-state index contributed by atoms with van der Waals surface area (Å²) in [6.45, 7) is 3.32. The number of rotatable bonds is 4. The molecule has 16 heavy (non-hydrogen) atoms. The molecular weight excluding hydrogens is 312 g/mol. The van der Waals surface area contributed by atoms with Crippen LogP contribution in [-0.4, -0.2) is 14.0 Å². The van der Waals surface area contributed by atoms with E-state index in [1.54, 1.807) is 19.9 Å². The number of nitrogens with zero attached hydrogens (tertiary/aromatic N) is 1. The van der Waals surface area contributed by atoms with Crippen LogP contribution in [0.15, 0.2) is 20.1 Å². The summed E-state index contributed by atoms with van der Waals surface area (Å²) in [5, 5.41) is 8.92. The summed E-state index contributed by atoms with van der Waals surface area (Å²) in [7, 11) is -3.61. The summed E-state index contributed by atoms with van der Waals surface area (Å²) in [6.07, 6.45) is 0.412. The molecule has 1 rings (SSSR count). The Morgan fingerprint density at radius 2 is 2.25 bits per heavy atom. The van der Waals surface area contributed by atoms with Crippen molar-refractivity contribution in [1.82, 2.24) is 4.72 Å². The van der Waals surface area contributed by atoms with Gasteiger partial charge in [0, 0.05) is 0 Å². The molecule has 1 atom stereocenters. The maximum Gasteiger partial charge on any atom is 0.251 e. The van der Waals surface area contributed by atoms with Crippen molar-refractivity contribution in [2.24, 2.45) is 0 Å². The number of nitrogens with one attached hydrogen (secondary N) is 1. The van der Waals surface area contributed by atoms with Crippen LogP contribution in [0.2, 0.25) is 0 Å². The van der Waals surface area contributed by atoms with Gasteiger partial charge in [0.1, 0.15) is 9.75 Å². The SMILES string of the molecule is CCC(C)(C#N)NS(=O)(=O)c1ccc(Br)s1. The Kier molecular flexibility index (Phi) is 4.12. The van der Waals surface area contributed by atoms with Crippen LogP contribution < -0.4 is 4.72 Å².